The predicted molar refractivity (Wildman–Crippen MR) is 91.2 cm³/mol. The van der Waals surface area contributed by atoms with Crippen molar-refractivity contribution in [3.8, 4) is 0 Å². The summed E-state index contributed by atoms with van der Waals surface area (Å²) in [5.41, 5.74) is 0.831. The van der Waals surface area contributed by atoms with E-state index < -0.39 is 5.60 Å². The van der Waals surface area contributed by atoms with Crippen molar-refractivity contribution in [2.24, 2.45) is 0 Å². The Bertz CT molecular complexity index is 499. The van der Waals surface area contributed by atoms with Gasteiger partial charge in [0.25, 0.3) is 0 Å². The summed E-state index contributed by atoms with van der Waals surface area (Å²) in [6, 6.07) is 4.37. The molecular weight excluding hydrogens is 379 g/mol. The Balaban J connectivity index is 1.93. The molecule has 1 aliphatic heterocycles. The second-order valence-electron chi connectivity index (χ2n) is 6.46. The zero-order valence-corrected chi connectivity index (χ0v) is 15.1. The van der Waals surface area contributed by atoms with Crippen molar-refractivity contribution >= 4 is 28.7 Å². The first kappa shape index (κ1) is 16.5. The number of nitrogens with zero attached hydrogens (tertiary/aromatic N) is 2. The van der Waals surface area contributed by atoms with E-state index in [-0.39, 0.29) is 12.1 Å². The first-order valence-corrected chi connectivity index (χ1v) is 8.54. The molecule has 1 atom stereocenters. The highest BCUT2D eigenvalue weighted by Crippen LogP contribution is 2.24. The van der Waals surface area contributed by atoms with Gasteiger partial charge in [-0.05, 0) is 80.7 Å². The molecule has 0 N–H and O–H groups in total. The number of aromatic nitrogens is 1. The van der Waals surface area contributed by atoms with Crippen LogP contribution in [0.3, 0.4) is 0 Å². The molecular formula is C16H23IN2O2. The van der Waals surface area contributed by atoms with Gasteiger partial charge in [-0.15, -0.1) is 0 Å². The van der Waals surface area contributed by atoms with E-state index in [1.165, 1.54) is 5.56 Å². The molecule has 1 fully saturated rings. The van der Waals surface area contributed by atoms with E-state index in [0.29, 0.717) is 0 Å². The maximum atomic E-state index is 12.2. The normalized spacial score (nSPS) is 18.9. The lowest BCUT2D eigenvalue weighted by molar-refractivity contribution is 0.0220. The molecule has 0 bridgehead atoms. The van der Waals surface area contributed by atoms with E-state index in [0.717, 1.165) is 35.9 Å². The van der Waals surface area contributed by atoms with Crippen molar-refractivity contribution in [1.29, 1.82) is 0 Å². The fourth-order valence-corrected chi connectivity index (χ4v) is 3.23. The summed E-state index contributed by atoms with van der Waals surface area (Å²) in [5, 5.41) is 0. The van der Waals surface area contributed by atoms with Crippen LogP contribution >= 0.6 is 22.6 Å². The molecule has 1 saturated heterocycles. The van der Waals surface area contributed by atoms with E-state index in [1.54, 1.807) is 0 Å². The molecule has 0 aromatic carbocycles. The Morgan fingerprint density at radius 3 is 2.95 bits per heavy atom. The summed E-state index contributed by atoms with van der Waals surface area (Å²) in [6.45, 7) is 6.54. The van der Waals surface area contributed by atoms with Crippen LogP contribution in [0.2, 0.25) is 0 Å². The van der Waals surface area contributed by atoms with Gasteiger partial charge in [0.15, 0.2) is 0 Å². The van der Waals surface area contributed by atoms with Gasteiger partial charge in [-0.3, -0.25) is 4.98 Å². The van der Waals surface area contributed by atoms with Gasteiger partial charge in [0.1, 0.15) is 9.30 Å². The van der Waals surface area contributed by atoms with Gasteiger partial charge in [0.2, 0.25) is 0 Å². The van der Waals surface area contributed by atoms with Crippen molar-refractivity contribution in [3.05, 3.63) is 27.6 Å². The third-order valence-corrected chi connectivity index (χ3v) is 4.56. The maximum Gasteiger partial charge on any atom is 0.410 e. The van der Waals surface area contributed by atoms with Crippen LogP contribution in [0.25, 0.3) is 0 Å². The summed E-state index contributed by atoms with van der Waals surface area (Å²) in [4.78, 5) is 18.4. The Labute approximate surface area is 140 Å². The molecule has 2 heterocycles. The van der Waals surface area contributed by atoms with Crippen LogP contribution in [0.4, 0.5) is 4.79 Å². The van der Waals surface area contributed by atoms with Crippen molar-refractivity contribution in [2.75, 3.05) is 6.54 Å². The van der Waals surface area contributed by atoms with Gasteiger partial charge >= 0.3 is 6.09 Å². The van der Waals surface area contributed by atoms with Gasteiger partial charge in [-0.1, -0.05) is 6.07 Å². The molecule has 2 rings (SSSR count). The third-order valence-electron chi connectivity index (χ3n) is 3.59. The minimum absolute atomic E-state index is 0.175. The molecule has 0 spiro atoms. The van der Waals surface area contributed by atoms with E-state index in [4.69, 9.17) is 4.74 Å². The average Bonchev–Trinajstić information content (AvgIpc) is 2.84. The summed E-state index contributed by atoms with van der Waals surface area (Å²) in [5.74, 6) is 0. The zero-order chi connectivity index (χ0) is 15.5. The van der Waals surface area contributed by atoms with Crippen molar-refractivity contribution in [2.45, 2.75) is 58.1 Å². The fraction of sp³-hybridized carbons (Fsp3) is 0.625. The number of carbonyl (C=O) groups is 1. The van der Waals surface area contributed by atoms with Crippen LogP contribution in [0.1, 0.15) is 45.6 Å². The highest BCUT2D eigenvalue weighted by Gasteiger charge is 2.31. The number of carbonyl (C=O) groups excluding carboxylic acids is 1. The van der Waals surface area contributed by atoms with E-state index >= 15 is 0 Å². The second kappa shape index (κ2) is 6.94. The highest BCUT2D eigenvalue weighted by atomic mass is 127. The molecule has 21 heavy (non-hydrogen) atoms. The lowest BCUT2D eigenvalue weighted by Crippen LogP contribution is -2.40. The van der Waals surface area contributed by atoms with Gasteiger partial charge in [0, 0.05) is 18.8 Å². The van der Waals surface area contributed by atoms with Gasteiger partial charge in [0.05, 0.1) is 0 Å². The third kappa shape index (κ3) is 4.83. The van der Waals surface area contributed by atoms with Crippen LogP contribution in [0.15, 0.2) is 18.3 Å². The number of likely N-dealkylation sites (tertiary alicyclic amines) is 1. The molecule has 4 nitrogen and oxygen atoms in total. The zero-order valence-electron chi connectivity index (χ0n) is 12.9. The van der Waals surface area contributed by atoms with Gasteiger partial charge in [-0.2, -0.15) is 0 Å². The summed E-state index contributed by atoms with van der Waals surface area (Å²) < 4.78 is 6.55. The molecule has 1 aromatic rings. The molecule has 1 aliphatic rings. The smallest absolute Gasteiger partial charge is 0.410 e. The number of hydrogen-bond donors (Lipinski definition) is 0. The van der Waals surface area contributed by atoms with Gasteiger partial charge in [-0.25, -0.2) is 4.79 Å². The fourth-order valence-electron chi connectivity index (χ4n) is 2.62. The molecule has 0 radical (unpaired) electrons. The summed E-state index contributed by atoms with van der Waals surface area (Å²) in [7, 11) is 0. The predicted octanol–water partition coefficient (Wildman–Crippen LogP) is 4.02. The monoisotopic (exact) mass is 402 g/mol. The van der Waals surface area contributed by atoms with E-state index in [2.05, 4.69) is 33.6 Å². The van der Waals surface area contributed by atoms with Crippen LogP contribution in [-0.2, 0) is 11.2 Å². The van der Waals surface area contributed by atoms with E-state index in [9.17, 15) is 4.79 Å². The molecule has 0 saturated carbocycles. The number of aryl methyl sites for hydroxylation is 1. The van der Waals surface area contributed by atoms with Crippen LogP contribution in [-0.4, -0.2) is 34.2 Å². The van der Waals surface area contributed by atoms with E-state index in [1.807, 2.05) is 37.9 Å². The van der Waals surface area contributed by atoms with Crippen molar-refractivity contribution in [1.82, 2.24) is 9.88 Å². The number of halogens is 1. The Morgan fingerprint density at radius 1 is 1.52 bits per heavy atom. The number of rotatable bonds is 3. The first-order chi connectivity index (χ1) is 9.87. The lowest BCUT2D eigenvalue weighted by atomic mass is 10.1. The number of hydrogen-bond acceptors (Lipinski definition) is 3. The Kier molecular flexibility index (Phi) is 5.46. The second-order valence-corrected chi connectivity index (χ2v) is 7.48. The molecule has 1 aromatic heterocycles. The average molecular weight is 402 g/mol. The number of amides is 1. The molecule has 0 aliphatic carbocycles. The number of ether oxygens (including phenoxy) is 1. The summed E-state index contributed by atoms with van der Waals surface area (Å²) in [6.07, 6.45) is 5.69. The van der Waals surface area contributed by atoms with Crippen molar-refractivity contribution < 1.29 is 9.53 Å². The molecule has 5 heteroatoms. The van der Waals surface area contributed by atoms with Crippen LogP contribution < -0.4 is 0 Å². The van der Waals surface area contributed by atoms with Crippen LogP contribution in [0, 0.1) is 3.70 Å². The maximum absolute atomic E-state index is 12.2. The largest absolute Gasteiger partial charge is 0.444 e. The topological polar surface area (TPSA) is 42.4 Å². The number of pyridine rings is 1. The lowest BCUT2D eigenvalue weighted by Gasteiger charge is -2.28. The van der Waals surface area contributed by atoms with Gasteiger partial charge < -0.3 is 9.64 Å². The quantitative estimate of drug-likeness (QED) is 0.567. The minimum atomic E-state index is -0.428. The summed E-state index contributed by atoms with van der Waals surface area (Å²) >= 11 is 2.27. The SMILES string of the molecule is CC(C)(C)OC(=O)N1CCCC1CCc1cccnc1I. The standard InChI is InChI=1S/C16H23IN2O2/c1-16(2,3)21-15(20)19-11-5-7-13(19)9-8-12-6-4-10-18-14(12)17/h4,6,10,13H,5,7-9,11H2,1-3H3. The Morgan fingerprint density at radius 2 is 2.29 bits per heavy atom. The van der Waals surface area contributed by atoms with Crippen LogP contribution in [0.5, 0.6) is 0 Å². The minimum Gasteiger partial charge on any atom is -0.444 e. The first-order valence-electron chi connectivity index (χ1n) is 7.46. The molecule has 116 valence electrons. The highest BCUT2D eigenvalue weighted by molar-refractivity contribution is 14.1. The molecule has 1 unspecified atom stereocenters. The molecule has 1 amide bonds. The Hall–Kier alpha value is -0.850. The van der Waals surface area contributed by atoms with Crippen molar-refractivity contribution in [3.63, 3.8) is 0 Å².